The monoisotopic (exact) mass is 266 g/mol. The average Bonchev–Trinajstić information content (AvgIpc) is 2.32. The number of thioether (sulfide) groups is 1. The molecule has 0 aliphatic rings. The Morgan fingerprint density at radius 3 is 2.67 bits per heavy atom. The van der Waals surface area contributed by atoms with Crippen molar-refractivity contribution in [2.45, 2.75) is 32.7 Å². The summed E-state index contributed by atoms with van der Waals surface area (Å²) in [6.07, 6.45) is 1.44. The lowest BCUT2D eigenvalue weighted by Gasteiger charge is -2.13. The standard InChI is InChI=1S/C14H22N2OS/c1-3-18-9-8-11(2)16-14(17)10-12-4-6-13(15)7-5-12/h4-7,11H,3,8-10,15H2,1-2H3,(H,16,17). The summed E-state index contributed by atoms with van der Waals surface area (Å²) >= 11 is 1.90. The van der Waals surface area contributed by atoms with Gasteiger partial charge < -0.3 is 11.1 Å². The Morgan fingerprint density at radius 2 is 2.06 bits per heavy atom. The van der Waals surface area contributed by atoms with Crippen LogP contribution in [0.2, 0.25) is 0 Å². The summed E-state index contributed by atoms with van der Waals surface area (Å²) in [5.74, 6) is 2.31. The lowest BCUT2D eigenvalue weighted by atomic mass is 10.1. The normalized spacial score (nSPS) is 12.1. The first-order valence-electron chi connectivity index (χ1n) is 6.33. The van der Waals surface area contributed by atoms with Crippen molar-refractivity contribution in [3.8, 4) is 0 Å². The first kappa shape index (κ1) is 14.9. The molecule has 0 fully saturated rings. The third-order valence-corrected chi connectivity index (χ3v) is 3.58. The molecular formula is C14H22N2OS. The van der Waals surface area contributed by atoms with Gasteiger partial charge in [0.05, 0.1) is 6.42 Å². The van der Waals surface area contributed by atoms with E-state index in [9.17, 15) is 4.79 Å². The molecule has 1 aromatic carbocycles. The van der Waals surface area contributed by atoms with Gasteiger partial charge in [-0.25, -0.2) is 0 Å². The summed E-state index contributed by atoms with van der Waals surface area (Å²) in [4.78, 5) is 11.8. The maximum Gasteiger partial charge on any atom is 0.224 e. The zero-order valence-electron chi connectivity index (χ0n) is 11.1. The molecule has 1 aromatic rings. The Balaban J connectivity index is 2.30. The molecule has 0 spiro atoms. The molecule has 0 aliphatic heterocycles. The molecule has 0 saturated carbocycles. The lowest BCUT2D eigenvalue weighted by Crippen LogP contribution is -2.34. The Bertz CT molecular complexity index is 365. The van der Waals surface area contributed by atoms with E-state index in [2.05, 4.69) is 19.2 Å². The second-order valence-corrected chi connectivity index (χ2v) is 5.77. The van der Waals surface area contributed by atoms with Gasteiger partial charge in [0.2, 0.25) is 5.91 Å². The van der Waals surface area contributed by atoms with Crippen molar-refractivity contribution in [3.05, 3.63) is 29.8 Å². The SMILES string of the molecule is CCSCCC(C)NC(=O)Cc1ccc(N)cc1. The van der Waals surface area contributed by atoms with E-state index in [0.29, 0.717) is 6.42 Å². The van der Waals surface area contributed by atoms with E-state index in [1.807, 2.05) is 36.0 Å². The predicted octanol–water partition coefficient (Wildman–Crippen LogP) is 2.46. The number of nitrogens with two attached hydrogens (primary N) is 1. The summed E-state index contributed by atoms with van der Waals surface area (Å²) in [6.45, 7) is 4.20. The number of carbonyl (C=O) groups is 1. The summed E-state index contributed by atoms with van der Waals surface area (Å²) in [6, 6.07) is 7.68. The molecule has 3 N–H and O–H groups in total. The van der Waals surface area contributed by atoms with Crippen LogP contribution >= 0.6 is 11.8 Å². The molecule has 18 heavy (non-hydrogen) atoms. The average molecular weight is 266 g/mol. The van der Waals surface area contributed by atoms with Crippen LogP contribution in [0, 0.1) is 0 Å². The van der Waals surface area contributed by atoms with E-state index in [0.717, 1.165) is 29.2 Å². The van der Waals surface area contributed by atoms with Crippen LogP contribution < -0.4 is 11.1 Å². The van der Waals surface area contributed by atoms with E-state index in [1.165, 1.54) is 0 Å². The van der Waals surface area contributed by atoms with Crippen molar-refractivity contribution in [1.82, 2.24) is 5.32 Å². The zero-order chi connectivity index (χ0) is 13.4. The maximum absolute atomic E-state index is 11.8. The van der Waals surface area contributed by atoms with Gasteiger partial charge in [0.15, 0.2) is 0 Å². The molecule has 4 heteroatoms. The van der Waals surface area contributed by atoms with E-state index < -0.39 is 0 Å². The molecule has 1 atom stereocenters. The van der Waals surface area contributed by atoms with E-state index in [1.54, 1.807) is 0 Å². The Kier molecular flexibility index (Phi) is 6.65. The van der Waals surface area contributed by atoms with Crippen LogP contribution in [0.15, 0.2) is 24.3 Å². The second kappa shape index (κ2) is 8.03. The molecule has 0 aliphatic carbocycles. The highest BCUT2D eigenvalue weighted by atomic mass is 32.2. The number of nitrogen functional groups attached to an aromatic ring is 1. The molecule has 0 heterocycles. The molecule has 1 amide bonds. The topological polar surface area (TPSA) is 55.1 Å². The summed E-state index contributed by atoms with van der Waals surface area (Å²) in [5, 5.41) is 3.02. The minimum atomic E-state index is 0.0776. The van der Waals surface area contributed by atoms with Crippen molar-refractivity contribution in [2.24, 2.45) is 0 Å². The summed E-state index contributed by atoms with van der Waals surface area (Å²) < 4.78 is 0. The van der Waals surface area contributed by atoms with Crippen LogP contribution in [-0.2, 0) is 11.2 Å². The van der Waals surface area contributed by atoms with Gasteiger partial charge in [0, 0.05) is 11.7 Å². The van der Waals surface area contributed by atoms with Crippen LogP contribution in [0.1, 0.15) is 25.8 Å². The molecule has 0 radical (unpaired) electrons. The van der Waals surface area contributed by atoms with Gasteiger partial charge in [-0.2, -0.15) is 11.8 Å². The molecule has 0 aromatic heterocycles. The number of rotatable bonds is 7. The molecule has 100 valence electrons. The number of hydrogen-bond acceptors (Lipinski definition) is 3. The van der Waals surface area contributed by atoms with Gasteiger partial charge in [-0.05, 0) is 42.5 Å². The van der Waals surface area contributed by atoms with Crippen molar-refractivity contribution in [3.63, 3.8) is 0 Å². The lowest BCUT2D eigenvalue weighted by molar-refractivity contribution is -0.121. The second-order valence-electron chi connectivity index (χ2n) is 4.37. The van der Waals surface area contributed by atoms with Gasteiger partial charge in [0.25, 0.3) is 0 Å². The van der Waals surface area contributed by atoms with Gasteiger partial charge in [-0.15, -0.1) is 0 Å². The van der Waals surface area contributed by atoms with Crippen LogP contribution in [-0.4, -0.2) is 23.5 Å². The van der Waals surface area contributed by atoms with E-state index in [4.69, 9.17) is 5.73 Å². The van der Waals surface area contributed by atoms with Gasteiger partial charge in [0.1, 0.15) is 0 Å². The van der Waals surface area contributed by atoms with Crippen LogP contribution in [0.25, 0.3) is 0 Å². The fraction of sp³-hybridized carbons (Fsp3) is 0.500. The highest BCUT2D eigenvalue weighted by Gasteiger charge is 2.07. The number of hydrogen-bond donors (Lipinski definition) is 2. The smallest absolute Gasteiger partial charge is 0.224 e. The number of benzene rings is 1. The molecule has 1 rings (SSSR count). The quantitative estimate of drug-likeness (QED) is 0.589. The Labute approximate surface area is 114 Å². The van der Waals surface area contributed by atoms with Crippen LogP contribution in [0.3, 0.4) is 0 Å². The fourth-order valence-electron chi connectivity index (χ4n) is 1.62. The highest BCUT2D eigenvalue weighted by Crippen LogP contribution is 2.07. The fourth-order valence-corrected chi connectivity index (χ4v) is 2.43. The molecular weight excluding hydrogens is 244 g/mol. The van der Waals surface area contributed by atoms with Gasteiger partial charge >= 0.3 is 0 Å². The van der Waals surface area contributed by atoms with Crippen molar-refractivity contribution < 1.29 is 4.79 Å². The molecule has 3 nitrogen and oxygen atoms in total. The summed E-state index contributed by atoms with van der Waals surface area (Å²) in [5.41, 5.74) is 7.33. The number of nitrogens with one attached hydrogen (secondary N) is 1. The molecule has 0 saturated heterocycles. The van der Waals surface area contributed by atoms with E-state index in [-0.39, 0.29) is 11.9 Å². The first-order valence-corrected chi connectivity index (χ1v) is 7.48. The largest absolute Gasteiger partial charge is 0.399 e. The first-order chi connectivity index (χ1) is 8.61. The van der Waals surface area contributed by atoms with E-state index >= 15 is 0 Å². The maximum atomic E-state index is 11.8. The number of carbonyl (C=O) groups excluding carboxylic acids is 1. The van der Waals surface area contributed by atoms with Gasteiger partial charge in [-0.3, -0.25) is 4.79 Å². The minimum absolute atomic E-state index is 0.0776. The molecule has 0 bridgehead atoms. The van der Waals surface area contributed by atoms with Crippen LogP contribution in [0.5, 0.6) is 0 Å². The van der Waals surface area contributed by atoms with Crippen molar-refractivity contribution in [1.29, 1.82) is 0 Å². The highest BCUT2D eigenvalue weighted by molar-refractivity contribution is 7.99. The number of anilines is 1. The van der Waals surface area contributed by atoms with Crippen LogP contribution in [0.4, 0.5) is 5.69 Å². The van der Waals surface area contributed by atoms with Crippen molar-refractivity contribution >= 4 is 23.4 Å². The minimum Gasteiger partial charge on any atom is -0.399 e. The zero-order valence-corrected chi connectivity index (χ0v) is 11.9. The Morgan fingerprint density at radius 1 is 1.39 bits per heavy atom. The number of amides is 1. The third kappa shape index (κ3) is 5.96. The Hall–Kier alpha value is -1.16. The predicted molar refractivity (Wildman–Crippen MR) is 79.8 cm³/mol. The molecule has 1 unspecified atom stereocenters. The van der Waals surface area contributed by atoms with Gasteiger partial charge in [-0.1, -0.05) is 19.1 Å². The third-order valence-electron chi connectivity index (χ3n) is 2.65. The summed E-state index contributed by atoms with van der Waals surface area (Å²) in [7, 11) is 0. The van der Waals surface area contributed by atoms with Crippen molar-refractivity contribution in [2.75, 3.05) is 17.2 Å².